The van der Waals surface area contributed by atoms with Crippen molar-refractivity contribution in [2.24, 2.45) is 0 Å². The summed E-state index contributed by atoms with van der Waals surface area (Å²) in [5, 5.41) is 0. The van der Waals surface area contributed by atoms with Gasteiger partial charge in [0.2, 0.25) is 0 Å². The number of esters is 1. The lowest BCUT2D eigenvalue weighted by molar-refractivity contribution is 0.0465. The number of aromatic nitrogens is 1. The molecule has 3 heteroatoms. The average Bonchev–Trinajstić information content (AvgIpc) is 2.91. The minimum atomic E-state index is -0.265. The smallest absolute Gasteiger partial charge is 0.355 e. The number of hydrogen-bond donors (Lipinski definition) is 1. The Morgan fingerprint density at radius 1 is 1.00 bits per heavy atom. The second-order valence-electron chi connectivity index (χ2n) is 6.81. The molecular weight excluding hydrogens is 310 g/mol. The predicted octanol–water partition coefficient (Wildman–Crippen LogP) is 5.89. The van der Waals surface area contributed by atoms with Crippen LogP contribution in [0.25, 0.3) is 0 Å². The Balaban J connectivity index is 1.88. The third-order valence-electron chi connectivity index (χ3n) is 4.79. The third kappa shape index (κ3) is 5.77. The molecule has 0 aliphatic rings. The van der Waals surface area contributed by atoms with Gasteiger partial charge in [-0.15, -0.1) is 0 Å². The Kier molecular flexibility index (Phi) is 7.77. The maximum Gasteiger partial charge on any atom is 0.355 e. The molecule has 25 heavy (non-hydrogen) atoms. The fourth-order valence-corrected chi connectivity index (χ4v) is 3.25. The van der Waals surface area contributed by atoms with E-state index in [2.05, 4.69) is 11.9 Å². The van der Waals surface area contributed by atoms with E-state index >= 15 is 0 Å². The zero-order valence-corrected chi connectivity index (χ0v) is 15.9. The van der Waals surface area contributed by atoms with Gasteiger partial charge in [-0.2, -0.15) is 0 Å². The fourth-order valence-electron chi connectivity index (χ4n) is 3.25. The van der Waals surface area contributed by atoms with Gasteiger partial charge in [0.15, 0.2) is 0 Å². The van der Waals surface area contributed by atoms with Crippen LogP contribution in [0.15, 0.2) is 30.3 Å². The Morgan fingerprint density at radius 3 is 2.40 bits per heavy atom. The molecule has 0 spiro atoms. The number of carbonyl (C=O) groups excluding carboxylic acids is 1. The van der Waals surface area contributed by atoms with Gasteiger partial charge in [-0.05, 0) is 43.4 Å². The van der Waals surface area contributed by atoms with Crippen LogP contribution in [0.1, 0.15) is 78.3 Å². The van der Waals surface area contributed by atoms with Crippen molar-refractivity contribution in [2.45, 2.75) is 72.3 Å². The molecule has 1 heterocycles. The van der Waals surface area contributed by atoms with Gasteiger partial charge >= 0.3 is 5.97 Å². The Bertz CT molecular complexity index is 658. The van der Waals surface area contributed by atoms with Crippen LogP contribution in [-0.2, 0) is 17.8 Å². The number of H-pyrrole nitrogens is 1. The number of hydrogen-bond acceptors (Lipinski definition) is 2. The molecule has 0 aliphatic heterocycles. The zero-order valence-electron chi connectivity index (χ0n) is 15.9. The van der Waals surface area contributed by atoms with E-state index in [0.717, 1.165) is 23.2 Å². The van der Waals surface area contributed by atoms with Gasteiger partial charge in [0, 0.05) is 5.69 Å². The van der Waals surface area contributed by atoms with Gasteiger partial charge in [-0.3, -0.25) is 0 Å². The number of ether oxygens (including phenoxy) is 1. The largest absolute Gasteiger partial charge is 0.456 e. The number of rotatable bonds is 10. The zero-order chi connectivity index (χ0) is 18.1. The van der Waals surface area contributed by atoms with E-state index in [9.17, 15) is 4.79 Å². The van der Waals surface area contributed by atoms with E-state index in [-0.39, 0.29) is 5.97 Å². The summed E-state index contributed by atoms with van der Waals surface area (Å²) < 4.78 is 5.46. The van der Waals surface area contributed by atoms with Crippen LogP contribution in [0.5, 0.6) is 0 Å². The first-order valence-corrected chi connectivity index (χ1v) is 9.52. The highest BCUT2D eigenvalue weighted by Crippen LogP contribution is 2.22. The molecule has 0 amide bonds. The molecule has 1 aromatic heterocycles. The normalized spacial score (nSPS) is 10.8. The molecule has 2 aromatic rings. The number of aryl methyl sites for hydroxylation is 1. The van der Waals surface area contributed by atoms with Gasteiger partial charge in [-0.25, -0.2) is 4.79 Å². The van der Waals surface area contributed by atoms with Crippen LogP contribution in [0.3, 0.4) is 0 Å². The van der Waals surface area contributed by atoms with E-state index in [0.29, 0.717) is 12.3 Å². The number of benzene rings is 1. The van der Waals surface area contributed by atoms with E-state index in [1.54, 1.807) is 0 Å². The van der Waals surface area contributed by atoms with Crippen molar-refractivity contribution in [1.82, 2.24) is 4.98 Å². The minimum Gasteiger partial charge on any atom is -0.456 e. The van der Waals surface area contributed by atoms with Gasteiger partial charge in [0.1, 0.15) is 12.3 Å². The highest BCUT2D eigenvalue weighted by Gasteiger charge is 2.18. The van der Waals surface area contributed by atoms with Crippen molar-refractivity contribution in [3.63, 3.8) is 0 Å². The maximum absolute atomic E-state index is 12.4. The Morgan fingerprint density at radius 2 is 1.68 bits per heavy atom. The van der Waals surface area contributed by atoms with E-state index < -0.39 is 0 Å². The maximum atomic E-state index is 12.4. The molecule has 0 fully saturated rings. The van der Waals surface area contributed by atoms with Crippen molar-refractivity contribution in [3.05, 3.63) is 58.4 Å². The molecule has 3 nitrogen and oxygen atoms in total. The van der Waals surface area contributed by atoms with Crippen LogP contribution < -0.4 is 0 Å². The standard InChI is InChI=1S/C22H31NO2/c1-4-5-6-7-8-12-15-20-17(2)21(23-18(20)3)22(24)25-16-19-13-10-9-11-14-19/h9-11,13-14,23H,4-8,12,15-16H2,1-3H3. The summed E-state index contributed by atoms with van der Waals surface area (Å²) in [5.41, 5.74) is 5.03. The monoisotopic (exact) mass is 341 g/mol. The second kappa shape index (κ2) is 10.1. The molecule has 1 aromatic carbocycles. The van der Waals surface area contributed by atoms with Crippen molar-refractivity contribution >= 4 is 5.97 Å². The number of carbonyl (C=O) groups is 1. The first kappa shape index (κ1) is 19.3. The summed E-state index contributed by atoms with van der Waals surface area (Å²) in [6.45, 7) is 6.62. The molecule has 0 unspecified atom stereocenters. The second-order valence-corrected chi connectivity index (χ2v) is 6.81. The Labute approximate surface area is 151 Å². The summed E-state index contributed by atoms with van der Waals surface area (Å²) in [5.74, 6) is -0.265. The molecule has 0 bridgehead atoms. The first-order valence-electron chi connectivity index (χ1n) is 9.52. The molecule has 0 saturated carbocycles. The lowest BCUT2D eigenvalue weighted by Gasteiger charge is -2.05. The summed E-state index contributed by atoms with van der Waals surface area (Å²) in [7, 11) is 0. The highest BCUT2D eigenvalue weighted by molar-refractivity contribution is 5.89. The van der Waals surface area contributed by atoms with Crippen molar-refractivity contribution in [1.29, 1.82) is 0 Å². The SMILES string of the molecule is CCCCCCCCc1c(C)[nH]c(C(=O)OCc2ccccc2)c1C. The summed E-state index contributed by atoms with van der Waals surface area (Å²) >= 11 is 0. The number of nitrogens with one attached hydrogen (secondary N) is 1. The lowest BCUT2D eigenvalue weighted by Crippen LogP contribution is -2.07. The molecule has 136 valence electrons. The van der Waals surface area contributed by atoms with Crippen molar-refractivity contribution in [3.8, 4) is 0 Å². The van der Waals surface area contributed by atoms with Gasteiger partial charge in [-0.1, -0.05) is 69.4 Å². The quantitative estimate of drug-likeness (QED) is 0.432. The molecule has 0 atom stereocenters. The van der Waals surface area contributed by atoms with Crippen LogP contribution in [0, 0.1) is 13.8 Å². The first-order chi connectivity index (χ1) is 12.1. The van der Waals surface area contributed by atoms with Gasteiger partial charge in [0.05, 0.1) is 0 Å². The van der Waals surface area contributed by atoms with Gasteiger partial charge in [0.25, 0.3) is 0 Å². The van der Waals surface area contributed by atoms with E-state index in [1.807, 2.05) is 44.2 Å². The van der Waals surface area contributed by atoms with Crippen molar-refractivity contribution in [2.75, 3.05) is 0 Å². The molecule has 1 N–H and O–H groups in total. The average molecular weight is 341 g/mol. The van der Waals surface area contributed by atoms with Crippen molar-refractivity contribution < 1.29 is 9.53 Å². The molecule has 0 saturated heterocycles. The van der Waals surface area contributed by atoms with Crippen LogP contribution in [-0.4, -0.2) is 11.0 Å². The van der Waals surface area contributed by atoms with Crippen LogP contribution in [0.2, 0.25) is 0 Å². The molecule has 0 aliphatic carbocycles. The van der Waals surface area contributed by atoms with Crippen LogP contribution >= 0.6 is 0 Å². The minimum absolute atomic E-state index is 0.265. The number of aromatic amines is 1. The van der Waals surface area contributed by atoms with Gasteiger partial charge < -0.3 is 9.72 Å². The number of unbranched alkanes of at least 4 members (excludes halogenated alkanes) is 5. The lowest BCUT2D eigenvalue weighted by atomic mass is 10.0. The summed E-state index contributed by atoms with van der Waals surface area (Å²) in [6, 6.07) is 9.78. The Hall–Kier alpha value is -2.03. The molecule has 2 rings (SSSR count). The van der Waals surface area contributed by atoms with E-state index in [4.69, 9.17) is 4.74 Å². The molecule has 0 radical (unpaired) electrons. The fraction of sp³-hybridized carbons (Fsp3) is 0.500. The molecular formula is C22H31NO2. The third-order valence-corrected chi connectivity index (χ3v) is 4.79. The van der Waals surface area contributed by atoms with Crippen LogP contribution in [0.4, 0.5) is 0 Å². The topological polar surface area (TPSA) is 42.1 Å². The highest BCUT2D eigenvalue weighted by atomic mass is 16.5. The predicted molar refractivity (Wildman–Crippen MR) is 103 cm³/mol. The summed E-state index contributed by atoms with van der Waals surface area (Å²) in [6.07, 6.45) is 8.73. The summed E-state index contributed by atoms with van der Waals surface area (Å²) in [4.78, 5) is 15.6. The van der Waals surface area contributed by atoms with E-state index in [1.165, 1.54) is 44.1 Å².